The molecule has 1 aromatic heterocycles. The first-order valence-corrected chi connectivity index (χ1v) is 12.0. The quantitative estimate of drug-likeness (QED) is 0.283. The van der Waals surface area contributed by atoms with Crippen LogP contribution in [0.25, 0.3) is 22.6 Å². The summed E-state index contributed by atoms with van der Waals surface area (Å²) in [6, 6.07) is 16.2. The highest BCUT2D eigenvalue weighted by Crippen LogP contribution is 2.35. The molecule has 1 heterocycles. The Kier molecular flexibility index (Phi) is 8.78. The lowest BCUT2D eigenvalue weighted by molar-refractivity contribution is 0.236. The van der Waals surface area contributed by atoms with Gasteiger partial charge in [-0.15, -0.1) is 0 Å². The Morgan fingerprint density at radius 3 is 2.35 bits per heavy atom. The number of nitrogens with zero attached hydrogens (tertiary/aromatic N) is 2. The maximum Gasteiger partial charge on any atom is 0.159 e. The molecule has 0 saturated heterocycles. The molecule has 6 nitrogen and oxygen atoms in total. The highest BCUT2D eigenvalue weighted by atomic mass is 16.5. The Balaban J connectivity index is 1.82. The first kappa shape index (κ1) is 25.8. The lowest BCUT2D eigenvalue weighted by Gasteiger charge is -2.25. The fourth-order valence-corrected chi connectivity index (χ4v) is 3.74. The van der Waals surface area contributed by atoms with Crippen LogP contribution < -0.4 is 15.8 Å². The summed E-state index contributed by atoms with van der Waals surface area (Å²) >= 11 is 0. The number of nitrogens with two attached hydrogens (primary N) is 1. The fraction of sp³-hybridized carbons (Fsp3) is 0.429. The predicted octanol–water partition coefficient (Wildman–Crippen LogP) is 5.21. The highest BCUT2D eigenvalue weighted by Gasteiger charge is 2.21. The van der Waals surface area contributed by atoms with E-state index in [9.17, 15) is 0 Å². The number of hydrogen-bond donors (Lipinski definition) is 3. The molecule has 0 bridgehead atoms. The zero-order chi connectivity index (χ0) is 24.7. The van der Waals surface area contributed by atoms with E-state index in [2.05, 4.69) is 43.2 Å². The maximum atomic E-state index is 8.90. The fourth-order valence-electron chi connectivity index (χ4n) is 3.74. The molecule has 1 unspecified atom stereocenters. The number of aliphatic hydroxyl groups excluding tert-OH is 1. The SMILES string of the molecule is CC(C)Oc1ccc(-c2ccnc(-c3ccc(C(N)NCCCCO)cc3)n2)cc1C(C)(C)C. The summed E-state index contributed by atoms with van der Waals surface area (Å²) < 4.78 is 6.06. The summed E-state index contributed by atoms with van der Waals surface area (Å²) in [5.74, 6) is 1.59. The van der Waals surface area contributed by atoms with Crippen molar-refractivity contribution in [1.82, 2.24) is 15.3 Å². The number of rotatable bonds is 10. The van der Waals surface area contributed by atoms with Gasteiger partial charge in [-0.25, -0.2) is 9.97 Å². The van der Waals surface area contributed by atoms with Crippen LogP contribution in [0.5, 0.6) is 5.75 Å². The van der Waals surface area contributed by atoms with E-state index in [0.29, 0.717) is 5.82 Å². The monoisotopic (exact) mass is 462 g/mol. The van der Waals surface area contributed by atoms with Crippen molar-refractivity contribution in [3.05, 3.63) is 65.9 Å². The first-order valence-electron chi connectivity index (χ1n) is 12.0. The van der Waals surface area contributed by atoms with E-state index >= 15 is 0 Å². The third-order valence-corrected chi connectivity index (χ3v) is 5.58. The molecule has 4 N–H and O–H groups in total. The number of ether oxygens (including phenoxy) is 1. The van der Waals surface area contributed by atoms with Gasteiger partial charge in [0.1, 0.15) is 5.75 Å². The summed E-state index contributed by atoms with van der Waals surface area (Å²) in [6.45, 7) is 11.6. The van der Waals surface area contributed by atoms with Crippen molar-refractivity contribution in [2.24, 2.45) is 5.73 Å². The second-order valence-corrected chi connectivity index (χ2v) is 9.88. The van der Waals surface area contributed by atoms with Crippen LogP contribution in [0.4, 0.5) is 0 Å². The van der Waals surface area contributed by atoms with E-state index < -0.39 is 0 Å². The average Bonchev–Trinajstić information content (AvgIpc) is 2.81. The van der Waals surface area contributed by atoms with Crippen LogP contribution in [0.2, 0.25) is 0 Å². The second-order valence-electron chi connectivity index (χ2n) is 9.88. The molecule has 2 aromatic carbocycles. The van der Waals surface area contributed by atoms with Crippen LogP contribution in [0.1, 0.15) is 64.8 Å². The lowest BCUT2D eigenvalue weighted by Crippen LogP contribution is -2.29. The molecular formula is C28H38N4O2. The Hall–Kier alpha value is -2.80. The molecule has 0 saturated carbocycles. The van der Waals surface area contributed by atoms with Crippen LogP contribution >= 0.6 is 0 Å². The standard InChI is InChI=1S/C28H38N4O2/c1-19(2)34-25-13-12-22(18-23(25)28(3,4)5)24-14-16-31-27(32-24)21-10-8-20(9-11-21)26(29)30-15-6-7-17-33/h8-14,16,18-19,26,30,33H,6-7,15,17,29H2,1-5H3. The minimum Gasteiger partial charge on any atom is -0.491 e. The van der Waals surface area contributed by atoms with E-state index in [1.54, 1.807) is 6.20 Å². The summed E-state index contributed by atoms with van der Waals surface area (Å²) in [4.78, 5) is 9.35. The van der Waals surface area contributed by atoms with Gasteiger partial charge in [0.15, 0.2) is 5.82 Å². The third kappa shape index (κ3) is 6.86. The van der Waals surface area contributed by atoms with Crippen LogP contribution in [-0.2, 0) is 5.41 Å². The summed E-state index contributed by atoms with van der Waals surface area (Å²) in [7, 11) is 0. The van der Waals surface area contributed by atoms with Gasteiger partial charge in [0, 0.05) is 29.5 Å². The van der Waals surface area contributed by atoms with Crippen molar-refractivity contribution in [1.29, 1.82) is 0 Å². The van der Waals surface area contributed by atoms with Gasteiger partial charge >= 0.3 is 0 Å². The number of nitrogens with one attached hydrogen (secondary N) is 1. The van der Waals surface area contributed by atoms with Crippen molar-refractivity contribution < 1.29 is 9.84 Å². The van der Waals surface area contributed by atoms with Crippen molar-refractivity contribution in [3.63, 3.8) is 0 Å². The van der Waals surface area contributed by atoms with Gasteiger partial charge in [-0.2, -0.15) is 0 Å². The van der Waals surface area contributed by atoms with Crippen LogP contribution in [0, 0.1) is 0 Å². The van der Waals surface area contributed by atoms with E-state index in [0.717, 1.165) is 53.1 Å². The zero-order valence-corrected chi connectivity index (χ0v) is 21.0. The van der Waals surface area contributed by atoms with Gasteiger partial charge in [-0.3, -0.25) is 5.32 Å². The van der Waals surface area contributed by atoms with Crippen molar-refractivity contribution in [2.45, 2.75) is 65.1 Å². The van der Waals surface area contributed by atoms with E-state index in [4.69, 9.17) is 20.6 Å². The molecule has 3 rings (SSSR count). The van der Waals surface area contributed by atoms with Gasteiger partial charge in [0.05, 0.1) is 18.0 Å². The zero-order valence-electron chi connectivity index (χ0n) is 21.0. The molecule has 0 fully saturated rings. The highest BCUT2D eigenvalue weighted by molar-refractivity contribution is 5.66. The maximum absolute atomic E-state index is 8.90. The van der Waals surface area contributed by atoms with Gasteiger partial charge in [-0.1, -0.05) is 45.0 Å². The number of hydrogen-bond acceptors (Lipinski definition) is 6. The molecule has 0 aliphatic rings. The second kappa shape index (κ2) is 11.6. The van der Waals surface area contributed by atoms with Crippen LogP contribution in [-0.4, -0.2) is 34.3 Å². The predicted molar refractivity (Wildman–Crippen MR) is 139 cm³/mol. The Morgan fingerprint density at radius 2 is 1.71 bits per heavy atom. The smallest absolute Gasteiger partial charge is 0.159 e. The lowest BCUT2D eigenvalue weighted by atomic mass is 9.85. The number of aliphatic hydroxyl groups is 1. The summed E-state index contributed by atoms with van der Waals surface area (Å²) in [6.07, 6.45) is 3.34. The van der Waals surface area contributed by atoms with Gasteiger partial charge in [0.2, 0.25) is 0 Å². The molecule has 0 aliphatic carbocycles. The molecule has 3 aromatic rings. The topological polar surface area (TPSA) is 93.3 Å². The molecular weight excluding hydrogens is 424 g/mol. The van der Waals surface area contributed by atoms with E-state index in [-0.39, 0.29) is 24.3 Å². The molecule has 6 heteroatoms. The van der Waals surface area contributed by atoms with E-state index in [1.165, 1.54) is 0 Å². The summed E-state index contributed by atoms with van der Waals surface area (Å²) in [5.41, 5.74) is 11.2. The Morgan fingerprint density at radius 1 is 1.00 bits per heavy atom. The number of benzene rings is 2. The van der Waals surface area contributed by atoms with Gasteiger partial charge in [0.25, 0.3) is 0 Å². The third-order valence-electron chi connectivity index (χ3n) is 5.58. The molecule has 182 valence electrons. The molecule has 0 aliphatic heterocycles. The van der Waals surface area contributed by atoms with E-state index in [1.807, 2.05) is 50.2 Å². The largest absolute Gasteiger partial charge is 0.491 e. The van der Waals surface area contributed by atoms with Crippen LogP contribution in [0.15, 0.2) is 54.7 Å². The molecule has 1 atom stereocenters. The molecule has 0 spiro atoms. The molecule has 34 heavy (non-hydrogen) atoms. The van der Waals surface area contributed by atoms with Crippen molar-refractivity contribution in [3.8, 4) is 28.4 Å². The minimum absolute atomic E-state index is 0.0587. The number of unbranched alkanes of at least 4 members (excludes halogenated alkanes) is 1. The Bertz CT molecular complexity index is 1060. The summed E-state index contributed by atoms with van der Waals surface area (Å²) in [5, 5.41) is 12.2. The van der Waals surface area contributed by atoms with Crippen LogP contribution in [0.3, 0.4) is 0 Å². The normalized spacial score (nSPS) is 12.7. The Labute approximate surface area is 203 Å². The number of aromatic nitrogens is 2. The average molecular weight is 463 g/mol. The molecule has 0 radical (unpaired) electrons. The van der Waals surface area contributed by atoms with Crippen molar-refractivity contribution in [2.75, 3.05) is 13.2 Å². The van der Waals surface area contributed by atoms with Gasteiger partial charge in [-0.05, 0) is 68.5 Å². The van der Waals surface area contributed by atoms with Gasteiger partial charge < -0.3 is 15.6 Å². The van der Waals surface area contributed by atoms with Crippen molar-refractivity contribution >= 4 is 0 Å². The minimum atomic E-state index is -0.248. The molecule has 0 amide bonds. The first-order chi connectivity index (χ1) is 16.2.